The number of halogens is 1. The van der Waals surface area contributed by atoms with Crippen molar-refractivity contribution in [3.05, 3.63) is 34.3 Å². The van der Waals surface area contributed by atoms with E-state index in [4.69, 9.17) is 5.73 Å². The number of hydrogen-bond acceptors (Lipinski definition) is 2. The summed E-state index contributed by atoms with van der Waals surface area (Å²) in [4.78, 5) is 2.46. The fourth-order valence-corrected chi connectivity index (χ4v) is 2.60. The molecule has 2 rings (SSSR count). The largest absolute Gasteiger partial charge is 0.321 e. The van der Waals surface area contributed by atoms with E-state index < -0.39 is 0 Å². The molecule has 1 aromatic carbocycles. The average Bonchev–Trinajstić information content (AvgIpc) is 2.31. The number of hydrogen-bond donors (Lipinski definition) is 1. The predicted octanol–water partition coefficient (Wildman–Crippen LogP) is 2.72. The number of benzene rings is 1. The van der Waals surface area contributed by atoms with E-state index in [0.29, 0.717) is 0 Å². The number of nitrogens with zero attached hydrogens (tertiary/aromatic N) is 1. The zero-order chi connectivity index (χ0) is 11.6. The van der Waals surface area contributed by atoms with Crippen LogP contribution in [0.25, 0.3) is 0 Å². The highest BCUT2D eigenvalue weighted by molar-refractivity contribution is 9.10. The summed E-state index contributed by atoms with van der Waals surface area (Å²) in [6, 6.07) is 8.45. The Bertz CT molecular complexity index is 339. The van der Waals surface area contributed by atoms with Gasteiger partial charge in [-0.2, -0.15) is 0 Å². The molecule has 2 nitrogen and oxygen atoms in total. The third-order valence-electron chi connectivity index (χ3n) is 3.61. The van der Waals surface area contributed by atoms with Crippen molar-refractivity contribution in [1.29, 1.82) is 0 Å². The van der Waals surface area contributed by atoms with Crippen LogP contribution in [0.15, 0.2) is 28.7 Å². The minimum absolute atomic E-state index is 0.119. The normalized spacial score (nSPS) is 20.9. The molecule has 3 heteroatoms. The maximum atomic E-state index is 6.51. The van der Waals surface area contributed by atoms with Gasteiger partial charge in [-0.3, -0.25) is 0 Å². The quantitative estimate of drug-likeness (QED) is 0.904. The van der Waals surface area contributed by atoms with Gasteiger partial charge in [-0.25, -0.2) is 0 Å². The standard InChI is InChI=1S/C13H19BrN2/c1-2-16-9-7-13(15,8-10-16)11-3-5-12(14)6-4-11/h3-6H,2,7-10,15H2,1H3. The van der Waals surface area contributed by atoms with E-state index in [2.05, 4.69) is 52.0 Å². The molecule has 1 fully saturated rings. The Morgan fingerprint density at radius 2 is 1.81 bits per heavy atom. The summed E-state index contributed by atoms with van der Waals surface area (Å²) in [6.45, 7) is 5.58. The fourth-order valence-electron chi connectivity index (χ4n) is 2.34. The van der Waals surface area contributed by atoms with Gasteiger partial charge in [0.15, 0.2) is 0 Å². The molecule has 0 saturated carbocycles. The summed E-state index contributed by atoms with van der Waals surface area (Å²) in [6.07, 6.45) is 2.12. The molecule has 1 aliphatic rings. The van der Waals surface area contributed by atoms with Crippen LogP contribution in [0.3, 0.4) is 0 Å². The molecule has 1 saturated heterocycles. The Kier molecular flexibility index (Phi) is 3.67. The van der Waals surface area contributed by atoms with Crippen LogP contribution in [0.5, 0.6) is 0 Å². The van der Waals surface area contributed by atoms with Crippen LogP contribution in [0, 0.1) is 0 Å². The molecule has 88 valence electrons. The molecule has 0 atom stereocenters. The minimum atomic E-state index is -0.119. The minimum Gasteiger partial charge on any atom is -0.321 e. The van der Waals surface area contributed by atoms with Gasteiger partial charge >= 0.3 is 0 Å². The molecular formula is C13H19BrN2. The summed E-state index contributed by atoms with van der Waals surface area (Å²) in [7, 11) is 0. The first-order valence-electron chi connectivity index (χ1n) is 5.91. The molecule has 0 aliphatic carbocycles. The van der Waals surface area contributed by atoms with E-state index in [1.807, 2.05) is 0 Å². The van der Waals surface area contributed by atoms with Gasteiger partial charge in [-0.15, -0.1) is 0 Å². The van der Waals surface area contributed by atoms with Gasteiger partial charge in [-0.05, 0) is 37.1 Å². The maximum Gasteiger partial charge on any atom is 0.0434 e. The van der Waals surface area contributed by atoms with E-state index in [-0.39, 0.29) is 5.54 Å². The second-order valence-electron chi connectivity index (χ2n) is 4.60. The van der Waals surface area contributed by atoms with Crippen molar-refractivity contribution in [3.63, 3.8) is 0 Å². The van der Waals surface area contributed by atoms with Gasteiger partial charge in [0, 0.05) is 23.1 Å². The van der Waals surface area contributed by atoms with Crippen LogP contribution in [-0.4, -0.2) is 24.5 Å². The zero-order valence-corrected chi connectivity index (χ0v) is 11.3. The summed E-state index contributed by atoms with van der Waals surface area (Å²) >= 11 is 3.46. The lowest BCUT2D eigenvalue weighted by Gasteiger charge is -2.39. The van der Waals surface area contributed by atoms with Crippen LogP contribution in [0.4, 0.5) is 0 Å². The number of nitrogens with two attached hydrogens (primary N) is 1. The third kappa shape index (κ3) is 2.47. The van der Waals surface area contributed by atoms with Crippen LogP contribution in [-0.2, 0) is 5.54 Å². The monoisotopic (exact) mass is 282 g/mol. The highest BCUT2D eigenvalue weighted by Crippen LogP contribution is 2.30. The van der Waals surface area contributed by atoms with E-state index in [0.717, 1.165) is 36.9 Å². The molecule has 0 unspecified atom stereocenters. The van der Waals surface area contributed by atoms with E-state index in [1.54, 1.807) is 0 Å². The molecular weight excluding hydrogens is 264 g/mol. The predicted molar refractivity (Wildman–Crippen MR) is 71.4 cm³/mol. The average molecular weight is 283 g/mol. The van der Waals surface area contributed by atoms with Gasteiger partial charge in [-0.1, -0.05) is 35.0 Å². The Hall–Kier alpha value is -0.380. The molecule has 0 spiro atoms. The molecule has 2 N–H and O–H groups in total. The van der Waals surface area contributed by atoms with Crippen LogP contribution < -0.4 is 5.73 Å². The summed E-state index contributed by atoms with van der Waals surface area (Å²) in [5, 5.41) is 0. The van der Waals surface area contributed by atoms with Crippen molar-refractivity contribution < 1.29 is 0 Å². The van der Waals surface area contributed by atoms with E-state index in [9.17, 15) is 0 Å². The SMILES string of the molecule is CCN1CCC(N)(c2ccc(Br)cc2)CC1. The second-order valence-corrected chi connectivity index (χ2v) is 5.51. The fraction of sp³-hybridized carbons (Fsp3) is 0.538. The first kappa shape index (κ1) is 12.1. The van der Waals surface area contributed by atoms with Crippen LogP contribution in [0.1, 0.15) is 25.3 Å². The first-order valence-corrected chi connectivity index (χ1v) is 6.70. The zero-order valence-electron chi connectivity index (χ0n) is 9.75. The van der Waals surface area contributed by atoms with Gasteiger partial charge in [0.25, 0.3) is 0 Å². The third-order valence-corrected chi connectivity index (χ3v) is 4.14. The van der Waals surface area contributed by atoms with Crippen molar-refractivity contribution in [2.45, 2.75) is 25.3 Å². The smallest absolute Gasteiger partial charge is 0.0434 e. The molecule has 16 heavy (non-hydrogen) atoms. The lowest BCUT2D eigenvalue weighted by atomic mass is 9.82. The molecule has 0 bridgehead atoms. The lowest BCUT2D eigenvalue weighted by Crippen LogP contribution is -2.47. The Morgan fingerprint density at radius 3 is 2.31 bits per heavy atom. The van der Waals surface area contributed by atoms with Gasteiger partial charge in [0.05, 0.1) is 0 Å². The second kappa shape index (κ2) is 4.86. The molecule has 1 aliphatic heterocycles. The van der Waals surface area contributed by atoms with Crippen molar-refractivity contribution in [3.8, 4) is 0 Å². The highest BCUT2D eigenvalue weighted by atomic mass is 79.9. The van der Waals surface area contributed by atoms with Crippen LogP contribution in [0.2, 0.25) is 0 Å². The van der Waals surface area contributed by atoms with E-state index >= 15 is 0 Å². The van der Waals surface area contributed by atoms with Crippen LogP contribution >= 0.6 is 15.9 Å². The topological polar surface area (TPSA) is 29.3 Å². The van der Waals surface area contributed by atoms with Gasteiger partial charge in [0.1, 0.15) is 0 Å². The van der Waals surface area contributed by atoms with Crippen molar-refractivity contribution in [2.75, 3.05) is 19.6 Å². The number of rotatable bonds is 2. The highest BCUT2D eigenvalue weighted by Gasteiger charge is 2.31. The summed E-state index contributed by atoms with van der Waals surface area (Å²) in [5.74, 6) is 0. The van der Waals surface area contributed by atoms with Crippen molar-refractivity contribution in [1.82, 2.24) is 4.90 Å². The van der Waals surface area contributed by atoms with Crippen molar-refractivity contribution >= 4 is 15.9 Å². The lowest BCUT2D eigenvalue weighted by molar-refractivity contribution is 0.168. The first-order chi connectivity index (χ1) is 7.64. The summed E-state index contributed by atoms with van der Waals surface area (Å²) in [5.41, 5.74) is 7.66. The maximum absolute atomic E-state index is 6.51. The molecule has 0 radical (unpaired) electrons. The number of piperidine rings is 1. The molecule has 0 aromatic heterocycles. The van der Waals surface area contributed by atoms with Gasteiger partial charge in [0.2, 0.25) is 0 Å². The molecule has 0 amide bonds. The summed E-state index contributed by atoms with van der Waals surface area (Å²) < 4.78 is 1.12. The molecule has 1 heterocycles. The van der Waals surface area contributed by atoms with Crippen molar-refractivity contribution in [2.24, 2.45) is 5.73 Å². The molecule has 1 aromatic rings. The Balaban J connectivity index is 2.11. The Labute approximate surface area is 106 Å². The van der Waals surface area contributed by atoms with E-state index in [1.165, 1.54) is 5.56 Å². The van der Waals surface area contributed by atoms with Gasteiger partial charge < -0.3 is 10.6 Å². The number of likely N-dealkylation sites (tertiary alicyclic amines) is 1. The Morgan fingerprint density at radius 1 is 1.25 bits per heavy atom.